The van der Waals surface area contributed by atoms with Gasteiger partial charge in [-0.3, -0.25) is 4.79 Å². The number of ether oxygens (including phenoxy) is 1. The lowest BCUT2D eigenvalue weighted by Gasteiger charge is -2.22. The number of amides is 1. The van der Waals surface area contributed by atoms with E-state index >= 15 is 0 Å². The van der Waals surface area contributed by atoms with Crippen molar-refractivity contribution in [1.29, 1.82) is 5.26 Å². The highest BCUT2D eigenvalue weighted by atomic mass is 32.1. The molecular weight excluding hydrogens is 450 g/mol. The van der Waals surface area contributed by atoms with Crippen LogP contribution in [0.5, 0.6) is 0 Å². The second-order valence-corrected chi connectivity index (χ2v) is 9.87. The predicted molar refractivity (Wildman–Crippen MR) is 128 cm³/mol. The van der Waals surface area contributed by atoms with Crippen LogP contribution in [0.2, 0.25) is 0 Å². The summed E-state index contributed by atoms with van der Waals surface area (Å²) in [6.45, 7) is 4.12. The van der Waals surface area contributed by atoms with Crippen LogP contribution in [0.4, 0.5) is 4.79 Å². The highest BCUT2D eigenvalue weighted by molar-refractivity contribution is 7.12. The number of rotatable bonds is 8. The number of nitrogens with one attached hydrogen (secondary N) is 1. The molecule has 0 saturated heterocycles. The predicted octanol–water partition coefficient (Wildman–Crippen LogP) is 5.01. The number of carbonyl (C=O) groups is 2. The van der Waals surface area contributed by atoms with Crippen LogP contribution in [-0.2, 0) is 35.3 Å². The molecular formula is C26H27N3O4S. The minimum absolute atomic E-state index is 0.127. The first-order valence-electron chi connectivity index (χ1n) is 11.4. The third-order valence-corrected chi connectivity index (χ3v) is 7.47. The van der Waals surface area contributed by atoms with Crippen molar-refractivity contribution in [3.63, 3.8) is 0 Å². The van der Waals surface area contributed by atoms with Crippen LogP contribution in [0.25, 0.3) is 0 Å². The van der Waals surface area contributed by atoms with Crippen molar-refractivity contribution < 1.29 is 18.8 Å². The van der Waals surface area contributed by atoms with Gasteiger partial charge in [0.05, 0.1) is 18.3 Å². The molecule has 7 nitrogen and oxygen atoms in total. The van der Waals surface area contributed by atoms with Gasteiger partial charge in [0.1, 0.15) is 23.7 Å². The maximum Gasteiger partial charge on any atom is 0.407 e. The standard InChI is InChI=1S/C26H27N3O4S/c1-16(18-6-4-3-5-7-18)10-20(30)11-24-23(13-27)22-9-8-21(12-25(22)34-24)32-26(31)28-14-19-15-29-33-17(19)2/h3-7,15-16,21H,8-12,14H2,1-2H3,(H,28,31). The molecule has 34 heavy (non-hydrogen) atoms. The van der Waals surface area contributed by atoms with Gasteiger partial charge in [-0.25, -0.2) is 4.79 Å². The van der Waals surface area contributed by atoms with Gasteiger partial charge in [-0.2, -0.15) is 5.26 Å². The molecule has 2 aromatic heterocycles. The van der Waals surface area contributed by atoms with E-state index in [9.17, 15) is 14.9 Å². The molecule has 0 fully saturated rings. The fourth-order valence-corrected chi connectivity index (χ4v) is 5.71. The molecule has 3 aromatic rings. The molecule has 1 aliphatic rings. The molecule has 0 bridgehead atoms. The van der Waals surface area contributed by atoms with Gasteiger partial charge in [0.25, 0.3) is 0 Å². The fourth-order valence-electron chi connectivity index (χ4n) is 4.31. The molecule has 0 aliphatic heterocycles. The Balaban J connectivity index is 1.35. The van der Waals surface area contributed by atoms with Gasteiger partial charge in [-0.05, 0) is 36.8 Å². The number of carbonyl (C=O) groups excluding carboxylic acids is 2. The maximum absolute atomic E-state index is 12.8. The van der Waals surface area contributed by atoms with Gasteiger partial charge in [-0.1, -0.05) is 42.4 Å². The molecule has 1 amide bonds. The normalized spacial score (nSPS) is 15.7. The van der Waals surface area contributed by atoms with Crippen LogP contribution in [0.3, 0.4) is 0 Å². The van der Waals surface area contributed by atoms with Crippen LogP contribution in [0.15, 0.2) is 41.1 Å². The first kappa shape index (κ1) is 23.7. The highest BCUT2D eigenvalue weighted by Crippen LogP contribution is 2.36. The van der Waals surface area contributed by atoms with E-state index in [1.807, 2.05) is 30.3 Å². The van der Waals surface area contributed by atoms with Crippen LogP contribution < -0.4 is 5.32 Å². The molecule has 0 radical (unpaired) electrons. The van der Waals surface area contributed by atoms with Crippen molar-refractivity contribution in [2.24, 2.45) is 0 Å². The van der Waals surface area contributed by atoms with Gasteiger partial charge in [0.2, 0.25) is 0 Å². The molecule has 8 heteroatoms. The van der Waals surface area contributed by atoms with Crippen molar-refractivity contribution in [2.75, 3.05) is 0 Å². The van der Waals surface area contributed by atoms with E-state index in [-0.39, 0.29) is 30.8 Å². The third-order valence-electron chi connectivity index (χ3n) is 6.21. The Bertz CT molecular complexity index is 1210. The Labute approximate surface area is 202 Å². The lowest BCUT2D eigenvalue weighted by molar-refractivity contribution is -0.118. The third kappa shape index (κ3) is 5.54. The number of aromatic nitrogens is 1. The number of hydrogen-bond donors (Lipinski definition) is 1. The molecule has 176 valence electrons. The number of benzene rings is 1. The summed E-state index contributed by atoms with van der Waals surface area (Å²) in [5, 5.41) is 16.2. The minimum Gasteiger partial charge on any atom is -0.446 e. The van der Waals surface area contributed by atoms with Crippen LogP contribution >= 0.6 is 11.3 Å². The summed E-state index contributed by atoms with van der Waals surface area (Å²) in [5.41, 5.74) is 3.58. The van der Waals surface area contributed by atoms with Gasteiger partial charge < -0.3 is 14.6 Å². The van der Waals surface area contributed by atoms with E-state index in [2.05, 4.69) is 23.5 Å². The summed E-state index contributed by atoms with van der Waals surface area (Å²) in [6.07, 6.45) is 3.39. The smallest absolute Gasteiger partial charge is 0.407 e. The number of fused-ring (bicyclic) bond motifs is 1. The molecule has 0 saturated carbocycles. The largest absolute Gasteiger partial charge is 0.446 e. The van der Waals surface area contributed by atoms with E-state index in [0.717, 1.165) is 26.4 Å². The van der Waals surface area contributed by atoms with Crippen molar-refractivity contribution >= 4 is 23.2 Å². The van der Waals surface area contributed by atoms with Crippen molar-refractivity contribution in [3.8, 4) is 6.07 Å². The number of thiophene rings is 1. The van der Waals surface area contributed by atoms with E-state index in [1.54, 1.807) is 13.1 Å². The lowest BCUT2D eigenvalue weighted by Crippen LogP contribution is -2.31. The molecule has 2 unspecified atom stereocenters. The Hall–Kier alpha value is -3.44. The van der Waals surface area contributed by atoms with Gasteiger partial charge >= 0.3 is 6.09 Å². The van der Waals surface area contributed by atoms with Gasteiger partial charge in [0, 0.05) is 34.6 Å². The topological polar surface area (TPSA) is 105 Å². The van der Waals surface area contributed by atoms with E-state index in [4.69, 9.17) is 9.26 Å². The monoisotopic (exact) mass is 477 g/mol. The number of ketones is 1. The Morgan fingerprint density at radius 1 is 1.35 bits per heavy atom. The summed E-state index contributed by atoms with van der Waals surface area (Å²) in [7, 11) is 0. The molecule has 0 spiro atoms. The number of aryl methyl sites for hydroxylation is 1. The lowest BCUT2D eigenvalue weighted by atomic mass is 9.91. The molecule has 2 atom stereocenters. The SMILES string of the molecule is Cc1oncc1CNC(=O)OC1CCc2c(sc(CC(=O)CC(C)c3ccccc3)c2C#N)C1. The number of alkyl carbamates (subject to hydrolysis) is 1. The second-order valence-electron chi connectivity index (χ2n) is 8.68. The fraction of sp³-hybridized carbons (Fsp3) is 0.385. The quantitative estimate of drug-likeness (QED) is 0.489. The Kier molecular flexibility index (Phi) is 7.43. The minimum atomic E-state index is -0.489. The molecule has 1 aromatic carbocycles. The Morgan fingerprint density at radius 2 is 2.15 bits per heavy atom. The molecule has 1 aliphatic carbocycles. The number of hydrogen-bond acceptors (Lipinski definition) is 7. The van der Waals surface area contributed by atoms with Gasteiger partial charge in [0.15, 0.2) is 0 Å². The molecule has 2 heterocycles. The average Bonchev–Trinajstić information content (AvgIpc) is 3.39. The highest BCUT2D eigenvalue weighted by Gasteiger charge is 2.28. The summed E-state index contributed by atoms with van der Waals surface area (Å²) in [4.78, 5) is 26.9. The van der Waals surface area contributed by atoms with Crippen LogP contribution in [0.1, 0.15) is 63.5 Å². The van der Waals surface area contributed by atoms with Gasteiger partial charge in [-0.15, -0.1) is 11.3 Å². The van der Waals surface area contributed by atoms with Crippen molar-refractivity contribution in [3.05, 3.63) is 74.3 Å². The first-order chi connectivity index (χ1) is 16.4. The van der Waals surface area contributed by atoms with Crippen molar-refractivity contribution in [1.82, 2.24) is 10.5 Å². The Morgan fingerprint density at radius 3 is 2.85 bits per heavy atom. The second kappa shape index (κ2) is 10.7. The van der Waals surface area contributed by atoms with Crippen molar-refractivity contribution in [2.45, 2.75) is 64.5 Å². The van der Waals surface area contributed by atoms with E-state index < -0.39 is 6.09 Å². The van der Waals surface area contributed by atoms with Crippen LogP contribution in [-0.4, -0.2) is 23.1 Å². The number of Topliss-reactive ketones (excluding diaryl/α,β-unsaturated/α-hetero) is 1. The molecule has 4 rings (SSSR count). The molecule has 1 N–H and O–H groups in total. The number of nitrogens with zero attached hydrogens (tertiary/aromatic N) is 2. The van der Waals surface area contributed by atoms with E-state index in [1.165, 1.54) is 11.3 Å². The zero-order valence-corrected chi connectivity index (χ0v) is 20.1. The summed E-state index contributed by atoms with van der Waals surface area (Å²) in [6, 6.07) is 12.3. The average molecular weight is 478 g/mol. The summed E-state index contributed by atoms with van der Waals surface area (Å²) >= 11 is 1.51. The maximum atomic E-state index is 12.8. The summed E-state index contributed by atoms with van der Waals surface area (Å²) in [5.74, 6) is 0.917. The van der Waals surface area contributed by atoms with E-state index in [0.29, 0.717) is 37.0 Å². The zero-order valence-electron chi connectivity index (χ0n) is 19.3. The zero-order chi connectivity index (χ0) is 24.1. The first-order valence-corrected chi connectivity index (χ1v) is 12.2. The number of nitriles is 1. The van der Waals surface area contributed by atoms with Crippen LogP contribution in [0, 0.1) is 18.3 Å². The summed E-state index contributed by atoms with van der Waals surface area (Å²) < 4.78 is 10.6.